The lowest BCUT2D eigenvalue weighted by Crippen LogP contribution is -2.39. The number of aromatic nitrogens is 3. The van der Waals surface area contributed by atoms with Gasteiger partial charge >= 0.3 is 0 Å². The summed E-state index contributed by atoms with van der Waals surface area (Å²) in [6, 6.07) is 6.35. The summed E-state index contributed by atoms with van der Waals surface area (Å²) < 4.78 is 19.8. The first-order valence-corrected chi connectivity index (χ1v) is 8.97. The molecule has 0 spiro atoms. The number of amides is 1. The van der Waals surface area contributed by atoms with Crippen LogP contribution in [0.25, 0.3) is 0 Å². The van der Waals surface area contributed by atoms with E-state index in [9.17, 15) is 9.18 Å². The largest absolute Gasteiger partial charge is 0.443 e. The zero-order valence-electron chi connectivity index (χ0n) is 14.7. The highest BCUT2D eigenvalue weighted by Crippen LogP contribution is 2.32. The van der Waals surface area contributed by atoms with E-state index in [4.69, 9.17) is 4.42 Å². The predicted octanol–water partition coefficient (Wildman–Crippen LogP) is 3.56. The van der Waals surface area contributed by atoms with Gasteiger partial charge in [-0.3, -0.25) is 9.78 Å². The van der Waals surface area contributed by atoms with Crippen LogP contribution in [0, 0.1) is 5.82 Å². The molecule has 1 fully saturated rings. The van der Waals surface area contributed by atoms with Crippen LogP contribution >= 0.6 is 0 Å². The van der Waals surface area contributed by atoms with Crippen LogP contribution in [0.3, 0.4) is 0 Å². The summed E-state index contributed by atoms with van der Waals surface area (Å²) in [6.45, 7) is 0.616. The Morgan fingerprint density at radius 3 is 2.89 bits per heavy atom. The van der Waals surface area contributed by atoms with Gasteiger partial charge in [0.25, 0.3) is 5.91 Å². The van der Waals surface area contributed by atoms with Crippen molar-refractivity contribution in [3.05, 3.63) is 77.8 Å². The second kappa shape index (κ2) is 7.65. The second-order valence-corrected chi connectivity index (χ2v) is 6.53. The van der Waals surface area contributed by atoms with Gasteiger partial charge in [0.15, 0.2) is 0 Å². The van der Waals surface area contributed by atoms with Gasteiger partial charge in [0.2, 0.25) is 5.89 Å². The van der Waals surface area contributed by atoms with Crippen LogP contribution in [0.15, 0.2) is 53.5 Å². The molecule has 27 heavy (non-hydrogen) atoms. The van der Waals surface area contributed by atoms with Crippen LogP contribution in [-0.4, -0.2) is 32.3 Å². The van der Waals surface area contributed by atoms with Crippen molar-refractivity contribution in [2.45, 2.75) is 31.7 Å². The summed E-state index contributed by atoms with van der Waals surface area (Å²) in [5.41, 5.74) is 0.860. The van der Waals surface area contributed by atoms with Crippen LogP contribution in [0.1, 0.15) is 53.0 Å². The SMILES string of the molecule is O=C(c1cnccn1)N1CCCC[C@H]1c1ncc(Cc2ccccc2F)o1. The van der Waals surface area contributed by atoms with Gasteiger partial charge in [0.05, 0.1) is 12.4 Å². The zero-order chi connectivity index (χ0) is 18.6. The third-order valence-electron chi connectivity index (χ3n) is 4.72. The Morgan fingerprint density at radius 1 is 1.19 bits per heavy atom. The van der Waals surface area contributed by atoms with Crippen molar-refractivity contribution < 1.29 is 13.6 Å². The van der Waals surface area contributed by atoms with Crippen molar-refractivity contribution in [1.29, 1.82) is 0 Å². The molecule has 1 atom stereocenters. The number of hydrogen-bond donors (Lipinski definition) is 0. The Balaban J connectivity index is 1.55. The quantitative estimate of drug-likeness (QED) is 0.706. The molecule has 3 aromatic rings. The Kier molecular flexibility index (Phi) is 4.91. The first-order valence-electron chi connectivity index (χ1n) is 8.97. The Morgan fingerprint density at radius 2 is 2.07 bits per heavy atom. The lowest BCUT2D eigenvalue weighted by atomic mass is 10.0. The molecular weight excluding hydrogens is 347 g/mol. The van der Waals surface area contributed by atoms with E-state index in [-0.39, 0.29) is 17.8 Å². The maximum Gasteiger partial charge on any atom is 0.274 e. The molecule has 1 aliphatic rings. The summed E-state index contributed by atoms with van der Waals surface area (Å²) in [5, 5.41) is 0. The molecule has 0 radical (unpaired) electrons. The first-order chi connectivity index (χ1) is 13.2. The van der Waals surface area contributed by atoms with Gasteiger partial charge < -0.3 is 9.32 Å². The van der Waals surface area contributed by atoms with E-state index < -0.39 is 0 Å². The lowest BCUT2D eigenvalue weighted by molar-refractivity contribution is 0.0563. The molecule has 0 saturated carbocycles. The molecule has 2 aromatic heterocycles. The fourth-order valence-corrected chi connectivity index (χ4v) is 3.38. The third-order valence-corrected chi connectivity index (χ3v) is 4.72. The third kappa shape index (κ3) is 3.72. The summed E-state index contributed by atoms with van der Waals surface area (Å²) in [4.78, 5) is 27.0. The van der Waals surface area contributed by atoms with Crippen molar-refractivity contribution >= 4 is 5.91 Å². The highest BCUT2D eigenvalue weighted by atomic mass is 19.1. The highest BCUT2D eigenvalue weighted by Gasteiger charge is 2.32. The maximum absolute atomic E-state index is 13.9. The molecule has 6 nitrogen and oxygen atoms in total. The zero-order valence-corrected chi connectivity index (χ0v) is 14.7. The lowest BCUT2D eigenvalue weighted by Gasteiger charge is -2.33. The number of nitrogens with zero attached hydrogens (tertiary/aromatic N) is 4. The molecule has 4 rings (SSSR count). The number of oxazole rings is 1. The summed E-state index contributed by atoms with van der Waals surface area (Å²) >= 11 is 0. The van der Waals surface area contributed by atoms with Gasteiger partial charge in [-0.15, -0.1) is 0 Å². The highest BCUT2D eigenvalue weighted by molar-refractivity contribution is 5.92. The second-order valence-electron chi connectivity index (χ2n) is 6.53. The Bertz CT molecular complexity index is 928. The normalized spacial score (nSPS) is 17.1. The maximum atomic E-state index is 13.9. The molecule has 0 N–H and O–H groups in total. The van der Waals surface area contributed by atoms with Crippen LogP contribution in [0.2, 0.25) is 0 Å². The number of rotatable bonds is 4. The van der Waals surface area contributed by atoms with Crippen LogP contribution in [0.5, 0.6) is 0 Å². The average Bonchev–Trinajstić information content (AvgIpc) is 3.18. The molecule has 138 valence electrons. The molecule has 0 bridgehead atoms. The minimum absolute atomic E-state index is 0.179. The fraction of sp³-hybridized carbons (Fsp3) is 0.300. The molecule has 1 amide bonds. The van der Waals surface area contributed by atoms with Gasteiger partial charge in [0, 0.05) is 25.4 Å². The van der Waals surface area contributed by atoms with Crippen molar-refractivity contribution in [2.75, 3.05) is 6.54 Å². The molecule has 1 aromatic carbocycles. The van der Waals surface area contributed by atoms with Crippen molar-refractivity contribution in [3.63, 3.8) is 0 Å². The van der Waals surface area contributed by atoms with Gasteiger partial charge in [-0.1, -0.05) is 18.2 Å². The van der Waals surface area contributed by atoms with Gasteiger partial charge in [0.1, 0.15) is 23.3 Å². The molecule has 1 aliphatic heterocycles. The smallest absolute Gasteiger partial charge is 0.274 e. The van der Waals surface area contributed by atoms with Crippen LogP contribution < -0.4 is 0 Å². The van der Waals surface area contributed by atoms with Crippen LogP contribution in [-0.2, 0) is 6.42 Å². The minimum atomic E-state index is -0.271. The number of halogens is 1. The number of carbonyl (C=O) groups is 1. The average molecular weight is 366 g/mol. The van der Waals surface area contributed by atoms with Crippen molar-refractivity contribution in [3.8, 4) is 0 Å². The monoisotopic (exact) mass is 366 g/mol. The minimum Gasteiger partial charge on any atom is -0.443 e. The number of piperidine rings is 1. The number of likely N-dealkylation sites (tertiary alicyclic amines) is 1. The van der Waals surface area contributed by atoms with E-state index in [1.54, 1.807) is 29.3 Å². The molecular formula is C20H19FN4O2. The Hall–Kier alpha value is -3.09. The standard InChI is InChI=1S/C20H19FN4O2/c21-16-6-2-1-5-14(16)11-15-12-24-19(27-15)18-7-3-4-10-25(18)20(26)17-13-22-8-9-23-17/h1-2,5-6,8-9,12-13,18H,3-4,7,10-11H2/t18-/m0/s1. The van der Waals surface area contributed by atoms with E-state index in [1.165, 1.54) is 24.7 Å². The van der Waals surface area contributed by atoms with Crippen molar-refractivity contribution in [2.24, 2.45) is 0 Å². The van der Waals surface area contributed by atoms with E-state index in [0.717, 1.165) is 19.3 Å². The predicted molar refractivity (Wildman–Crippen MR) is 95.4 cm³/mol. The molecule has 3 heterocycles. The summed E-state index contributed by atoms with van der Waals surface area (Å²) in [5.74, 6) is 0.611. The topological polar surface area (TPSA) is 72.1 Å². The fourth-order valence-electron chi connectivity index (χ4n) is 3.38. The van der Waals surface area contributed by atoms with Gasteiger partial charge in [-0.05, 0) is 30.9 Å². The molecule has 1 saturated heterocycles. The summed E-state index contributed by atoms with van der Waals surface area (Å²) in [7, 11) is 0. The van der Waals surface area contributed by atoms with Gasteiger partial charge in [-0.25, -0.2) is 14.4 Å². The van der Waals surface area contributed by atoms with E-state index in [2.05, 4.69) is 15.0 Å². The van der Waals surface area contributed by atoms with E-state index in [0.29, 0.717) is 35.9 Å². The van der Waals surface area contributed by atoms with Crippen molar-refractivity contribution in [1.82, 2.24) is 19.9 Å². The Labute approximate surface area is 156 Å². The van der Waals surface area contributed by atoms with Crippen LogP contribution in [0.4, 0.5) is 4.39 Å². The molecule has 0 unspecified atom stereocenters. The van der Waals surface area contributed by atoms with Gasteiger partial charge in [-0.2, -0.15) is 0 Å². The van der Waals surface area contributed by atoms with E-state index in [1.807, 2.05) is 0 Å². The van der Waals surface area contributed by atoms with E-state index >= 15 is 0 Å². The number of hydrogen-bond acceptors (Lipinski definition) is 5. The number of benzene rings is 1. The molecule has 7 heteroatoms. The number of carbonyl (C=O) groups excluding carboxylic acids is 1. The molecule has 0 aliphatic carbocycles. The summed E-state index contributed by atoms with van der Waals surface area (Å²) in [6.07, 6.45) is 9.12. The first kappa shape index (κ1) is 17.3.